The molecule has 0 spiro atoms. The maximum atomic E-state index is 6.05. The molecule has 9 nitrogen and oxygen atoms in total. The van der Waals surface area contributed by atoms with E-state index in [2.05, 4.69) is 59.2 Å². The van der Waals surface area contributed by atoms with E-state index in [4.69, 9.17) is 54.6 Å². The fraction of sp³-hybridized carbons (Fsp3) is 0.432. The van der Waals surface area contributed by atoms with Gasteiger partial charge in [-0.25, -0.2) is 15.0 Å². The second-order valence-electron chi connectivity index (χ2n) is 12.1. The molecule has 3 heterocycles. The molecule has 0 bridgehead atoms. The molecule has 11 heteroatoms. The van der Waals surface area contributed by atoms with Crippen molar-refractivity contribution in [3.05, 3.63) is 106 Å². The van der Waals surface area contributed by atoms with Crippen molar-refractivity contribution in [2.45, 2.75) is 82.3 Å². The topological polar surface area (TPSA) is 143 Å². The predicted molar refractivity (Wildman–Crippen MR) is 197 cm³/mol. The second-order valence-corrected chi connectivity index (χ2v) is 12.9. The molecule has 3 aliphatic heterocycles. The van der Waals surface area contributed by atoms with Crippen LogP contribution in [-0.2, 0) is 20.6 Å². The lowest BCUT2D eigenvalue weighted by molar-refractivity contribution is 0.301. The highest BCUT2D eigenvalue weighted by Gasteiger charge is 2.23. The summed E-state index contributed by atoms with van der Waals surface area (Å²) >= 11 is 12.1. The standard InChI is InChI=1S/C13H17ClN2O.C13H18N2O.C11H13ClN2O/c1-2-9(7-12-8-17-13(15)16-12)10-4-3-5-11(14)6-10;1-2-10(11-6-4-3-5-7-11)8-12-9-16-13(14)15-12;12-10-4-2-1-3-8(10)5-6-9-7-15-11(13)14-9/h3-6,9,12H,2,7-8H2,1H3,(H2,15,16);3-7,10,12H,2,8-9H2,1H3,(H2,14,15);1-4,9H,5-7H2,(H2,13,14)/t9?,12-;10-,12-;9-/m000/s1. The lowest BCUT2D eigenvalue weighted by Gasteiger charge is -2.17. The lowest BCUT2D eigenvalue weighted by Crippen LogP contribution is -2.12. The van der Waals surface area contributed by atoms with E-state index < -0.39 is 0 Å². The Balaban J connectivity index is 0.000000163. The molecule has 0 saturated carbocycles. The number of rotatable bonds is 11. The molecule has 3 aromatic carbocycles. The van der Waals surface area contributed by atoms with Crippen molar-refractivity contribution in [3.63, 3.8) is 0 Å². The van der Waals surface area contributed by atoms with E-state index in [1.807, 2.05) is 48.5 Å². The zero-order chi connectivity index (χ0) is 34.3. The van der Waals surface area contributed by atoms with Crippen LogP contribution in [-0.4, -0.2) is 56.0 Å². The van der Waals surface area contributed by atoms with Crippen LogP contribution < -0.4 is 17.2 Å². The third kappa shape index (κ3) is 11.9. The fourth-order valence-electron chi connectivity index (χ4n) is 5.94. The summed E-state index contributed by atoms with van der Waals surface area (Å²) < 4.78 is 15.4. The number of amidine groups is 3. The Labute approximate surface area is 294 Å². The van der Waals surface area contributed by atoms with Gasteiger partial charge in [0, 0.05) is 10.0 Å². The zero-order valence-electron chi connectivity index (χ0n) is 27.8. The largest absolute Gasteiger partial charge is 0.463 e. The highest BCUT2D eigenvalue weighted by Crippen LogP contribution is 2.29. The van der Waals surface area contributed by atoms with Crippen molar-refractivity contribution in [1.29, 1.82) is 0 Å². The van der Waals surface area contributed by atoms with E-state index in [0.717, 1.165) is 54.1 Å². The van der Waals surface area contributed by atoms with Crippen molar-refractivity contribution in [1.82, 2.24) is 0 Å². The van der Waals surface area contributed by atoms with Gasteiger partial charge in [-0.05, 0) is 85.3 Å². The van der Waals surface area contributed by atoms with Crippen molar-refractivity contribution < 1.29 is 14.2 Å². The highest BCUT2D eigenvalue weighted by molar-refractivity contribution is 6.31. The number of hydrogen-bond acceptors (Lipinski definition) is 9. The minimum absolute atomic E-state index is 0.180. The third-order valence-electron chi connectivity index (χ3n) is 8.59. The summed E-state index contributed by atoms with van der Waals surface area (Å²) in [6, 6.07) is 28.0. The number of aryl methyl sites for hydroxylation is 1. The van der Waals surface area contributed by atoms with Gasteiger partial charge >= 0.3 is 0 Å². The Bertz CT molecular complexity index is 1520. The van der Waals surface area contributed by atoms with Crippen LogP contribution in [0.2, 0.25) is 10.0 Å². The van der Waals surface area contributed by atoms with Crippen LogP contribution in [0.3, 0.4) is 0 Å². The maximum absolute atomic E-state index is 6.05. The van der Waals surface area contributed by atoms with Crippen molar-refractivity contribution >= 4 is 41.3 Å². The maximum Gasteiger partial charge on any atom is 0.282 e. The van der Waals surface area contributed by atoms with Crippen LogP contribution in [0, 0.1) is 0 Å². The Kier molecular flexibility index (Phi) is 14.7. The van der Waals surface area contributed by atoms with E-state index in [1.54, 1.807) is 0 Å². The van der Waals surface area contributed by atoms with Crippen LogP contribution in [0.5, 0.6) is 0 Å². The van der Waals surface area contributed by atoms with E-state index in [9.17, 15) is 0 Å². The van der Waals surface area contributed by atoms with Crippen LogP contribution in [0.15, 0.2) is 93.8 Å². The number of benzene rings is 3. The molecule has 5 atom stereocenters. The smallest absolute Gasteiger partial charge is 0.282 e. The SMILES string of the molecule is CCC(C[C@H]1COC(N)=N1)c1cccc(Cl)c1.CC[C@@H](C[C@H]1COC(N)=N1)c1ccccc1.NC1=N[C@@H](CCc2ccccc2Cl)CO1. The molecule has 1 unspecified atom stereocenters. The van der Waals surface area contributed by atoms with Crippen molar-refractivity contribution in [2.24, 2.45) is 32.2 Å². The van der Waals surface area contributed by atoms with Gasteiger partial charge in [-0.15, -0.1) is 0 Å². The Morgan fingerprint density at radius 3 is 1.65 bits per heavy atom. The molecule has 0 aromatic heterocycles. The minimum Gasteiger partial charge on any atom is -0.463 e. The fourth-order valence-corrected chi connectivity index (χ4v) is 6.37. The Morgan fingerprint density at radius 2 is 1.15 bits per heavy atom. The first kappa shape index (κ1) is 36.9. The summed E-state index contributed by atoms with van der Waals surface area (Å²) in [7, 11) is 0. The van der Waals surface area contributed by atoms with Gasteiger partial charge in [0.2, 0.25) is 0 Å². The van der Waals surface area contributed by atoms with Crippen molar-refractivity contribution in [2.75, 3.05) is 19.8 Å². The Morgan fingerprint density at radius 1 is 0.646 bits per heavy atom. The normalized spacial score (nSPS) is 20.7. The van der Waals surface area contributed by atoms with Gasteiger partial charge in [-0.2, -0.15) is 0 Å². The predicted octanol–water partition coefficient (Wildman–Crippen LogP) is 7.21. The van der Waals surface area contributed by atoms with Crippen LogP contribution in [0.1, 0.15) is 74.5 Å². The molecule has 6 rings (SSSR count). The monoisotopic (exact) mass is 694 g/mol. The van der Waals surface area contributed by atoms with Gasteiger partial charge in [-0.1, -0.05) is 97.7 Å². The summed E-state index contributed by atoms with van der Waals surface area (Å²) in [5.74, 6) is 1.00. The van der Waals surface area contributed by atoms with E-state index in [-0.39, 0.29) is 18.1 Å². The number of nitrogens with zero attached hydrogens (tertiary/aromatic N) is 3. The molecule has 0 radical (unpaired) electrons. The van der Waals surface area contributed by atoms with E-state index in [0.29, 0.717) is 49.7 Å². The van der Waals surface area contributed by atoms with Gasteiger partial charge in [0.05, 0.1) is 18.1 Å². The number of aliphatic imine (C=N–C) groups is 3. The molecule has 258 valence electrons. The molecular weight excluding hydrogens is 647 g/mol. The number of ether oxygens (including phenoxy) is 3. The average molecular weight is 696 g/mol. The number of nitrogens with two attached hydrogens (primary N) is 3. The van der Waals surface area contributed by atoms with Gasteiger partial charge in [-0.3, -0.25) is 0 Å². The van der Waals surface area contributed by atoms with Gasteiger partial charge in [0.1, 0.15) is 19.8 Å². The van der Waals surface area contributed by atoms with E-state index >= 15 is 0 Å². The first-order valence-electron chi connectivity index (χ1n) is 16.7. The second kappa shape index (κ2) is 19.1. The highest BCUT2D eigenvalue weighted by atomic mass is 35.5. The molecule has 0 saturated heterocycles. The minimum atomic E-state index is 0.180. The van der Waals surface area contributed by atoms with Gasteiger partial charge in [0.15, 0.2) is 0 Å². The average Bonchev–Trinajstić information content (AvgIpc) is 3.83. The van der Waals surface area contributed by atoms with Crippen LogP contribution >= 0.6 is 23.2 Å². The molecular formula is C37H48Cl2N6O3. The third-order valence-corrected chi connectivity index (χ3v) is 9.20. The lowest BCUT2D eigenvalue weighted by atomic mass is 9.90. The summed E-state index contributed by atoms with van der Waals surface area (Å²) in [4.78, 5) is 12.7. The van der Waals surface area contributed by atoms with Crippen LogP contribution in [0.25, 0.3) is 0 Å². The summed E-state index contributed by atoms with van der Waals surface area (Å²) in [5.41, 5.74) is 20.2. The van der Waals surface area contributed by atoms with Gasteiger partial charge < -0.3 is 31.4 Å². The quantitative estimate of drug-likeness (QED) is 0.194. The molecule has 0 amide bonds. The van der Waals surface area contributed by atoms with E-state index in [1.165, 1.54) is 11.1 Å². The molecule has 6 N–H and O–H groups in total. The van der Waals surface area contributed by atoms with Gasteiger partial charge in [0.25, 0.3) is 18.1 Å². The summed E-state index contributed by atoms with van der Waals surface area (Å²) in [6.45, 7) is 6.21. The zero-order valence-corrected chi connectivity index (χ0v) is 29.3. The molecule has 0 aliphatic carbocycles. The summed E-state index contributed by atoms with van der Waals surface area (Å²) in [6.07, 6.45) is 5.98. The summed E-state index contributed by atoms with van der Waals surface area (Å²) in [5, 5.41) is 1.60. The number of hydrogen-bond donors (Lipinski definition) is 3. The molecule has 0 fully saturated rings. The first-order valence-corrected chi connectivity index (χ1v) is 17.4. The molecule has 3 aliphatic rings. The first-order chi connectivity index (χ1) is 23.2. The molecule has 48 heavy (non-hydrogen) atoms. The van der Waals surface area contributed by atoms with Crippen LogP contribution in [0.4, 0.5) is 0 Å². The molecule has 3 aromatic rings. The van der Waals surface area contributed by atoms with Crippen molar-refractivity contribution in [3.8, 4) is 0 Å². The Hall–Kier alpha value is -3.95. The number of halogens is 2.